The number of phosphoric acid groups is 1. The number of rotatable bonds is 18. The lowest BCUT2D eigenvalue weighted by atomic mass is 9.98. The number of hydrogen-bond acceptors (Lipinski definition) is 12. The Morgan fingerprint density at radius 3 is 2.40 bits per heavy atom. The van der Waals surface area contributed by atoms with Gasteiger partial charge in [0.15, 0.2) is 0 Å². The number of amides is 3. The van der Waals surface area contributed by atoms with Crippen molar-refractivity contribution in [1.82, 2.24) is 15.5 Å². The van der Waals surface area contributed by atoms with Gasteiger partial charge in [-0.2, -0.15) is 0 Å². The SMILES string of the molecule is COP(=O)(O)O[C@@H]1C[C@@H](CO)N(C(=O)CCCCCNC(=O)CCCCSC2OC(CO)C(O)C(O)C2NC(C)=O)C1. The predicted molar refractivity (Wildman–Crippen MR) is 152 cm³/mol. The maximum atomic E-state index is 12.6. The number of thioether (sulfide) groups is 1. The molecule has 42 heavy (non-hydrogen) atoms. The second-order valence-corrected chi connectivity index (χ2v) is 13.1. The molecule has 0 radical (unpaired) electrons. The van der Waals surface area contributed by atoms with E-state index in [2.05, 4.69) is 15.2 Å². The van der Waals surface area contributed by atoms with E-state index in [1.807, 2.05) is 0 Å². The van der Waals surface area contributed by atoms with Gasteiger partial charge in [-0.15, -0.1) is 11.8 Å². The monoisotopic (exact) mass is 643 g/mol. The summed E-state index contributed by atoms with van der Waals surface area (Å²) in [7, 11) is -3.13. The quantitative estimate of drug-likeness (QED) is 0.0721. The molecule has 2 fully saturated rings. The largest absolute Gasteiger partial charge is 0.472 e. The number of nitrogens with one attached hydrogen (secondary N) is 2. The zero-order valence-corrected chi connectivity index (χ0v) is 25.8. The molecule has 0 aromatic rings. The lowest BCUT2D eigenvalue weighted by Crippen LogP contribution is -2.63. The fourth-order valence-corrected chi connectivity index (χ4v) is 6.77. The van der Waals surface area contributed by atoms with Crippen molar-refractivity contribution in [3.63, 3.8) is 0 Å². The van der Waals surface area contributed by atoms with Crippen LogP contribution < -0.4 is 10.6 Å². The number of ether oxygens (including phenoxy) is 1. The first-order chi connectivity index (χ1) is 19.9. The van der Waals surface area contributed by atoms with E-state index in [-0.39, 0.29) is 43.7 Å². The molecule has 0 bridgehead atoms. The minimum absolute atomic E-state index is 0.0915. The van der Waals surface area contributed by atoms with Gasteiger partial charge in [-0.1, -0.05) is 6.42 Å². The Labute approximate surface area is 250 Å². The fourth-order valence-electron chi connectivity index (χ4n) is 4.90. The van der Waals surface area contributed by atoms with Crippen LogP contribution in [0.3, 0.4) is 0 Å². The predicted octanol–water partition coefficient (Wildman–Crippen LogP) is -0.765. The number of nitrogens with zero attached hydrogens (tertiary/aromatic N) is 1. The number of unbranched alkanes of at least 4 members (excludes halogenated alkanes) is 3. The van der Waals surface area contributed by atoms with E-state index >= 15 is 0 Å². The van der Waals surface area contributed by atoms with Gasteiger partial charge in [0.25, 0.3) is 0 Å². The summed E-state index contributed by atoms with van der Waals surface area (Å²) in [6.07, 6.45) is -0.167. The summed E-state index contributed by atoms with van der Waals surface area (Å²) in [5, 5.41) is 44.8. The normalized spacial score (nSPS) is 29.2. The van der Waals surface area contributed by atoms with E-state index in [1.54, 1.807) is 0 Å². The summed E-state index contributed by atoms with van der Waals surface area (Å²) in [5.74, 6) is -0.0646. The Morgan fingerprint density at radius 1 is 1.05 bits per heavy atom. The van der Waals surface area contributed by atoms with E-state index < -0.39 is 56.4 Å². The average Bonchev–Trinajstić information content (AvgIpc) is 3.35. The Kier molecular flexibility index (Phi) is 16.2. The maximum Gasteiger partial charge on any atom is 0.472 e. The van der Waals surface area contributed by atoms with Crippen LogP contribution in [0.4, 0.5) is 0 Å². The second-order valence-electron chi connectivity index (χ2n) is 10.4. The molecule has 0 aliphatic carbocycles. The van der Waals surface area contributed by atoms with Gasteiger partial charge in [0.1, 0.15) is 23.7 Å². The van der Waals surface area contributed by atoms with Crippen LogP contribution in [-0.2, 0) is 32.7 Å². The van der Waals surface area contributed by atoms with Gasteiger partial charge in [-0.05, 0) is 37.9 Å². The Balaban J connectivity index is 1.58. The number of carbonyl (C=O) groups excluding carboxylic acids is 3. The highest BCUT2D eigenvalue weighted by Gasteiger charge is 2.44. The third-order valence-electron chi connectivity index (χ3n) is 7.14. The van der Waals surface area contributed by atoms with E-state index in [4.69, 9.17) is 9.26 Å². The molecule has 244 valence electrons. The molecule has 3 amide bonds. The molecule has 7 N–H and O–H groups in total. The number of likely N-dealkylation sites (tertiary alicyclic amines) is 1. The second kappa shape index (κ2) is 18.5. The molecule has 0 spiro atoms. The molecule has 2 heterocycles. The minimum Gasteiger partial charge on any atom is -0.394 e. The van der Waals surface area contributed by atoms with Gasteiger partial charge in [-0.3, -0.25) is 23.4 Å². The highest BCUT2D eigenvalue weighted by Crippen LogP contribution is 2.45. The first-order valence-electron chi connectivity index (χ1n) is 14.2. The summed E-state index contributed by atoms with van der Waals surface area (Å²) in [5.41, 5.74) is -0.658. The van der Waals surface area contributed by atoms with Crippen LogP contribution in [0.25, 0.3) is 0 Å². The van der Waals surface area contributed by atoms with Gasteiger partial charge in [0, 0.05) is 40.0 Å². The molecule has 2 saturated heterocycles. The van der Waals surface area contributed by atoms with Crippen LogP contribution in [0.5, 0.6) is 0 Å². The van der Waals surface area contributed by atoms with Crippen LogP contribution in [-0.4, -0.2) is 129 Å². The van der Waals surface area contributed by atoms with Crippen LogP contribution in [0.2, 0.25) is 0 Å². The van der Waals surface area contributed by atoms with Crippen LogP contribution >= 0.6 is 19.6 Å². The van der Waals surface area contributed by atoms with Crippen molar-refractivity contribution in [1.29, 1.82) is 0 Å². The fraction of sp³-hybridized carbons (Fsp3) is 0.880. The molecule has 6 unspecified atom stereocenters. The zero-order chi connectivity index (χ0) is 31.3. The summed E-state index contributed by atoms with van der Waals surface area (Å²) in [6, 6.07) is -1.31. The molecule has 2 aliphatic heterocycles. The van der Waals surface area contributed by atoms with Gasteiger partial charge >= 0.3 is 7.82 Å². The summed E-state index contributed by atoms with van der Waals surface area (Å²) < 4.78 is 26.8. The van der Waals surface area contributed by atoms with Gasteiger partial charge in [-0.25, -0.2) is 4.57 Å². The van der Waals surface area contributed by atoms with Crippen molar-refractivity contribution in [2.45, 2.75) is 100 Å². The number of phosphoric ester groups is 1. The third-order valence-corrected chi connectivity index (χ3v) is 9.42. The Morgan fingerprint density at radius 2 is 1.76 bits per heavy atom. The number of carbonyl (C=O) groups is 3. The van der Waals surface area contributed by atoms with Crippen LogP contribution in [0, 0.1) is 0 Å². The topological polar surface area (TPSA) is 224 Å². The highest BCUT2D eigenvalue weighted by atomic mass is 32.2. The smallest absolute Gasteiger partial charge is 0.394 e. The lowest BCUT2D eigenvalue weighted by Gasteiger charge is -2.42. The summed E-state index contributed by atoms with van der Waals surface area (Å²) in [4.78, 5) is 47.2. The first kappa shape index (κ1) is 36.9. The van der Waals surface area contributed by atoms with Crippen molar-refractivity contribution >= 4 is 37.3 Å². The average molecular weight is 644 g/mol. The Bertz CT molecular complexity index is 918. The first-order valence-corrected chi connectivity index (χ1v) is 16.7. The van der Waals surface area contributed by atoms with E-state index in [0.29, 0.717) is 50.8 Å². The molecule has 15 nitrogen and oxygen atoms in total. The number of hydrogen-bond donors (Lipinski definition) is 7. The third kappa shape index (κ3) is 12.0. The number of aliphatic hydroxyl groups is 4. The van der Waals surface area contributed by atoms with Crippen molar-refractivity contribution in [3.8, 4) is 0 Å². The highest BCUT2D eigenvalue weighted by molar-refractivity contribution is 7.99. The molecular weight excluding hydrogens is 597 g/mol. The van der Waals surface area contributed by atoms with Crippen molar-refractivity contribution < 1.29 is 58.1 Å². The van der Waals surface area contributed by atoms with Crippen molar-refractivity contribution in [2.24, 2.45) is 0 Å². The molecule has 2 aliphatic rings. The molecule has 8 atom stereocenters. The molecule has 0 aromatic heterocycles. The standard InChI is InChI=1S/C25H46N3O12PS/c1-16(31)27-22-24(35)23(34)19(15-30)39-25(22)42-11-7-5-8-20(32)26-10-6-3-4-9-21(33)28-13-18(12-17(28)14-29)40-41(36,37)38-2/h17-19,22-25,29-30,34-35H,3-15H2,1-2H3,(H,26,32)(H,27,31)(H,36,37)/t17-,18+,19?,22?,23?,24?,25?/m0/s1. The minimum atomic E-state index is -4.19. The molecular formula is C25H46N3O12PS. The van der Waals surface area contributed by atoms with Gasteiger partial charge in [0.05, 0.1) is 31.4 Å². The van der Waals surface area contributed by atoms with Gasteiger partial charge in [0.2, 0.25) is 17.7 Å². The van der Waals surface area contributed by atoms with Crippen LogP contribution in [0.1, 0.15) is 58.3 Å². The summed E-state index contributed by atoms with van der Waals surface area (Å²) in [6.45, 7) is 1.13. The lowest BCUT2D eigenvalue weighted by molar-refractivity contribution is -0.173. The molecule has 0 saturated carbocycles. The summed E-state index contributed by atoms with van der Waals surface area (Å²) >= 11 is 1.34. The zero-order valence-electron chi connectivity index (χ0n) is 24.1. The maximum absolute atomic E-state index is 12.6. The number of aliphatic hydroxyl groups excluding tert-OH is 4. The van der Waals surface area contributed by atoms with E-state index in [9.17, 15) is 44.3 Å². The Hall–Kier alpha value is -1.33. The van der Waals surface area contributed by atoms with Gasteiger partial charge < -0.3 is 45.6 Å². The van der Waals surface area contributed by atoms with E-state index in [0.717, 1.165) is 7.11 Å². The van der Waals surface area contributed by atoms with E-state index in [1.165, 1.54) is 23.6 Å². The molecule has 0 aromatic carbocycles. The van der Waals surface area contributed by atoms with Crippen LogP contribution in [0.15, 0.2) is 0 Å². The molecule has 17 heteroatoms. The van der Waals surface area contributed by atoms with Crippen molar-refractivity contribution in [2.75, 3.05) is 39.2 Å². The molecule has 2 rings (SSSR count). The van der Waals surface area contributed by atoms with Crippen molar-refractivity contribution in [3.05, 3.63) is 0 Å².